The van der Waals surface area contributed by atoms with Crippen LogP contribution < -0.4 is 10.6 Å². The minimum Gasteiger partial charge on any atom is -0.350 e. The molecule has 0 saturated carbocycles. The molecular formula is C15H18Cl2N4. The van der Waals surface area contributed by atoms with Crippen LogP contribution in [0.2, 0.25) is 10.0 Å². The van der Waals surface area contributed by atoms with Gasteiger partial charge in [0.05, 0.1) is 10.7 Å². The largest absolute Gasteiger partial charge is 0.350 e. The Morgan fingerprint density at radius 1 is 1.05 bits per heavy atom. The van der Waals surface area contributed by atoms with E-state index in [-0.39, 0.29) is 5.54 Å². The third-order valence-electron chi connectivity index (χ3n) is 2.53. The van der Waals surface area contributed by atoms with Crippen molar-refractivity contribution in [3.8, 4) is 0 Å². The molecule has 0 fully saturated rings. The molecular weight excluding hydrogens is 307 g/mol. The average molecular weight is 325 g/mol. The summed E-state index contributed by atoms with van der Waals surface area (Å²) in [5.74, 6) is 1.26. The summed E-state index contributed by atoms with van der Waals surface area (Å²) in [6.45, 7) is 8.09. The van der Waals surface area contributed by atoms with Crippen LogP contribution in [0.3, 0.4) is 0 Å². The molecule has 0 amide bonds. The maximum atomic E-state index is 6.16. The topological polar surface area (TPSA) is 49.8 Å². The Morgan fingerprint density at radius 2 is 1.76 bits per heavy atom. The van der Waals surface area contributed by atoms with Gasteiger partial charge in [0, 0.05) is 22.3 Å². The van der Waals surface area contributed by atoms with E-state index in [0.717, 1.165) is 11.4 Å². The molecule has 4 nitrogen and oxygen atoms in total. The Labute approximate surface area is 134 Å². The van der Waals surface area contributed by atoms with E-state index in [2.05, 4.69) is 41.4 Å². The van der Waals surface area contributed by atoms with Crippen LogP contribution >= 0.6 is 23.2 Å². The van der Waals surface area contributed by atoms with Gasteiger partial charge in [-0.1, -0.05) is 23.2 Å². The van der Waals surface area contributed by atoms with Crippen molar-refractivity contribution in [2.24, 2.45) is 0 Å². The molecule has 0 radical (unpaired) electrons. The van der Waals surface area contributed by atoms with Crippen LogP contribution in [-0.2, 0) is 0 Å². The van der Waals surface area contributed by atoms with Gasteiger partial charge in [-0.3, -0.25) is 0 Å². The van der Waals surface area contributed by atoms with Crippen molar-refractivity contribution in [1.29, 1.82) is 0 Å². The van der Waals surface area contributed by atoms with Crippen molar-refractivity contribution in [2.45, 2.75) is 33.2 Å². The molecule has 1 heterocycles. The SMILES string of the molecule is Cc1cc(Nc2ccc(Cl)cc2Cl)nc(NC(C)(C)C)n1. The second-order valence-corrected chi connectivity index (χ2v) is 6.69. The molecule has 1 aromatic carbocycles. The van der Waals surface area contributed by atoms with Gasteiger partial charge in [-0.15, -0.1) is 0 Å². The van der Waals surface area contributed by atoms with Gasteiger partial charge in [-0.25, -0.2) is 4.98 Å². The lowest BCUT2D eigenvalue weighted by Crippen LogP contribution is -2.27. The Bertz CT molecular complexity index is 651. The number of nitrogens with one attached hydrogen (secondary N) is 2. The van der Waals surface area contributed by atoms with Gasteiger partial charge in [0.2, 0.25) is 5.95 Å². The Morgan fingerprint density at radius 3 is 2.38 bits per heavy atom. The first-order valence-electron chi connectivity index (χ1n) is 6.59. The maximum absolute atomic E-state index is 6.16. The van der Waals surface area contributed by atoms with Gasteiger partial charge in [0.15, 0.2) is 0 Å². The fraction of sp³-hybridized carbons (Fsp3) is 0.333. The number of halogens is 2. The minimum absolute atomic E-state index is 0.108. The van der Waals surface area contributed by atoms with Crippen LogP contribution in [0.1, 0.15) is 26.5 Å². The average Bonchev–Trinajstić information content (AvgIpc) is 2.29. The second kappa shape index (κ2) is 6.08. The molecule has 1 aromatic heterocycles. The van der Waals surface area contributed by atoms with Crippen molar-refractivity contribution in [3.63, 3.8) is 0 Å². The van der Waals surface area contributed by atoms with E-state index < -0.39 is 0 Å². The zero-order chi connectivity index (χ0) is 15.6. The third kappa shape index (κ3) is 4.76. The third-order valence-corrected chi connectivity index (χ3v) is 3.08. The first-order chi connectivity index (χ1) is 9.73. The van der Waals surface area contributed by atoms with E-state index >= 15 is 0 Å². The molecule has 2 N–H and O–H groups in total. The molecule has 0 spiro atoms. The Kier molecular flexibility index (Phi) is 4.59. The fourth-order valence-electron chi connectivity index (χ4n) is 1.75. The Balaban J connectivity index is 2.27. The predicted octanol–water partition coefficient (Wildman–Crippen LogP) is 5.05. The van der Waals surface area contributed by atoms with Crippen molar-refractivity contribution in [1.82, 2.24) is 9.97 Å². The zero-order valence-electron chi connectivity index (χ0n) is 12.5. The molecule has 21 heavy (non-hydrogen) atoms. The second-order valence-electron chi connectivity index (χ2n) is 5.84. The van der Waals surface area contributed by atoms with E-state index in [0.29, 0.717) is 21.8 Å². The normalized spacial score (nSPS) is 11.3. The summed E-state index contributed by atoms with van der Waals surface area (Å²) in [6.07, 6.45) is 0. The van der Waals surface area contributed by atoms with Crippen molar-refractivity contribution < 1.29 is 0 Å². The van der Waals surface area contributed by atoms with Crippen LogP contribution in [0.15, 0.2) is 24.3 Å². The highest BCUT2D eigenvalue weighted by Crippen LogP contribution is 2.28. The molecule has 0 unspecified atom stereocenters. The van der Waals surface area contributed by atoms with Crippen molar-refractivity contribution in [2.75, 3.05) is 10.6 Å². The van der Waals surface area contributed by atoms with Gasteiger partial charge in [0.25, 0.3) is 0 Å². The summed E-state index contributed by atoms with van der Waals surface area (Å²) >= 11 is 12.1. The number of anilines is 3. The molecule has 2 rings (SSSR count). The van der Waals surface area contributed by atoms with Crippen LogP contribution in [0.5, 0.6) is 0 Å². The first-order valence-corrected chi connectivity index (χ1v) is 7.34. The van der Waals surface area contributed by atoms with Crippen LogP contribution in [-0.4, -0.2) is 15.5 Å². The number of hydrogen-bond acceptors (Lipinski definition) is 4. The van der Waals surface area contributed by atoms with E-state index in [1.165, 1.54) is 0 Å². The zero-order valence-corrected chi connectivity index (χ0v) is 14.0. The van der Waals surface area contributed by atoms with E-state index in [4.69, 9.17) is 23.2 Å². The lowest BCUT2D eigenvalue weighted by atomic mass is 10.1. The molecule has 0 bridgehead atoms. The summed E-state index contributed by atoms with van der Waals surface area (Å²) in [6, 6.07) is 7.14. The lowest BCUT2D eigenvalue weighted by molar-refractivity contribution is 0.625. The van der Waals surface area contributed by atoms with Crippen molar-refractivity contribution >= 4 is 40.7 Å². The molecule has 6 heteroatoms. The van der Waals surface area contributed by atoms with E-state index in [1.807, 2.05) is 19.1 Å². The highest BCUT2D eigenvalue weighted by atomic mass is 35.5. The number of nitrogens with zero attached hydrogens (tertiary/aromatic N) is 2. The van der Waals surface area contributed by atoms with Gasteiger partial charge in [0.1, 0.15) is 5.82 Å². The summed E-state index contributed by atoms with van der Waals surface area (Å²) in [5, 5.41) is 7.58. The molecule has 0 aliphatic carbocycles. The Hall–Kier alpha value is -1.52. The van der Waals surface area contributed by atoms with E-state index in [9.17, 15) is 0 Å². The molecule has 0 atom stereocenters. The van der Waals surface area contributed by atoms with Gasteiger partial charge >= 0.3 is 0 Å². The molecule has 0 aliphatic heterocycles. The molecule has 112 valence electrons. The first kappa shape index (κ1) is 15.9. The van der Waals surface area contributed by atoms with Gasteiger partial charge in [-0.05, 0) is 45.9 Å². The number of benzene rings is 1. The molecule has 0 aliphatic rings. The summed E-state index contributed by atoms with van der Waals surface area (Å²) in [4.78, 5) is 8.83. The lowest BCUT2D eigenvalue weighted by Gasteiger charge is -2.21. The minimum atomic E-state index is -0.108. The summed E-state index contributed by atoms with van der Waals surface area (Å²) < 4.78 is 0. The highest BCUT2D eigenvalue weighted by molar-refractivity contribution is 6.36. The smallest absolute Gasteiger partial charge is 0.225 e. The fourth-order valence-corrected chi connectivity index (χ4v) is 2.21. The summed E-state index contributed by atoms with van der Waals surface area (Å²) in [5.41, 5.74) is 1.51. The maximum Gasteiger partial charge on any atom is 0.225 e. The van der Waals surface area contributed by atoms with Crippen molar-refractivity contribution in [3.05, 3.63) is 40.0 Å². The van der Waals surface area contributed by atoms with Gasteiger partial charge in [-0.2, -0.15) is 4.98 Å². The number of aryl methyl sites for hydroxylation is 1. The number of rotatable bonds is 3. The predicted molar refractivity (Wildman–Crippen MR) is 89.9 cm³/mol. The monoisotopic (exact) mass is 324 g/mol. The van der Waals surface area contributed by atoms with Gasteiger partial charge < -0.3 is 10.6 Å². The number of aromatic nitrogens is 2. The highest BCUT2D eigenvalue weighted by Gasteiger charge is 2.12. The van der Waals surface area contributed by atoms with Crippen LogP contribution in [0.4, 0.5) is 17.5 Å². The standard InChI is InChI=1S/C15H18Cl2N4/c1-9-7-13(20-14(18-9)21-15(2,3)4)19-12-6-5-10(16)8-11(12)17/h5-8H,1-4H3,(H2,18,19,20,21). The van der Waals surface area contributed by atoms with Crippen LogP contribution in [0.25, 0.3) is 0 Å². The summed E-state index contributed by atoms with van der Waals surface area (Å²) in [7, 11) is 0. The number of hydrogen-bond donors (Lipinski definition) is 2. The molecule has 0 saturated heterocycles. The molecule has 2 aromatic rings. The quantitative estimate of drug-likeness (QED) is 0.829. The van der Waals surface area contributed by atoms with E-state index in [1.54, 1.807) is 12.1 Å². The van der Waals surface area contributed by atoms with Crippen LogP contribution in [0, 0.1) is 6.92 Å².